The summed E-state index contributed by atoms with van der Waals surface area (Å²) in [6.45, 7) is 4.75. The molecule has 2 heteroatoms. The molecule has 9 heavy (non-hydrogen) atoms. The Balaban J connectivity index is 3.39. The molecular formula is C7H10O2. The van der Waals surface area contributed by atoms with Crippen molar-refractivity contribution >= 4 is 11.6 Å². The van der Waals surface area contributed by atoms with E-state index in [1.165, 1.54) is 13.0 Å². The molecule has 0 saturated carbocycles. The molecule has 0 amide bonds. The number of Topliss-reactive ketones (excluding diaryl/α,β-unsaturated/α-hetero) is 1. The highest BCUT2D eigenvalue weighted by molar-refractivity contribution is 5.91. The second kappa shape index (κ2) is 4.01. The average Bonchev–Trinajstić information content (AvgIpc) is 1.83. The van der Waals surface area contributed by atoms with Crippen LogP contribution in [-0.4, -0.2) is 11.6 Å². The lowest BCUT2D eigenvalue weighted by Gasteiger charge is -1.88. The third-order valence-electron chi connectivity index (χ3n) is 0.951. The highest BCUT2D eigenvalue weighted by atomic mass is 16.1. The first-order chi connectivity index (χ1) is 4.16. The largest absolute Gasteiger partial charge is 0.300 e. The van der Waals surface area contributed by atoms with E-state index in [2.05, 4.69) is 6.58 Å². The van der Waals surface area contributed by atoms with Crippen LogP contribution in [0, 0.1) is 0 Å². The number of ketones is 2. The summed E-state index contributed by atoms with van der Waals surface area (Å²) in [6.07, 6.45) is 1.88. The van der Waals surface area contributed by atoms with Gasteiger partial charge >= 0.3 is 0 Å². The van der Waals surface area contributed by atoms with Gasteiger partial charge < -0.3 is 4.79 Å². The number of hydrogen-bond donors (Lipinski definition) is 0. The number of hydrogen-bond acceptors (Lipinski definition) is 2. The fraction of sp³-hybridized carbons (Fsp3) is 0.429. The Morgan fingerprint density at radius 1 is 1.44 bits per heavy atom. The first-order valence-electron chi connectivity index (χ1n) is 2.81. The van der Waals surface area contributed by atoms with Crippen LogP contribution in [0.2, 0.25) is 0 Å². The van der Waals surface area contributed by atoms with Crippen molar-refractivity contribution in [2.45, 2.75) is 19.8 Å². The van der Waals surface area contributed by atoms with E-state index in [1.807, 2.05) is 0 Å². The molecule has 0 aliphatic rings. The highest BCUT2D eigenvalue weighted by Gasteiger charge is 1.97. The Kier molecular flexibility index (Phi) is 3.60. The minimum Gasteiger partial charge on any atom is -0.300 e. The van der Waals surface area contributed by atoms with Gasteiger partial charge in [-0.1, -0.05) is 6.58 Å². The van der Waals surface area contributed by atoms with Gasteiger partial charge in [0.1, 0.15) is 5.78 Å². The average molecular weight is 126 g/mol. The SMILES string of the molecule is C=CC(=O)CCC(C)=O. The number of allylic oxidation sites excluding steroid dienone is 1. The van der Waals surface area contributed by atoms with Crippen LogP contribution >= 0.6 is 0 Å². The van der Waals surface area contributed by atoms with Gasteiger partial charge in [-0.3, -0.25) is 4.79 Å². The molecule has 0 radical (unpaired) electrons. The fourth-order valence-corrected chi connectivity index (χ4v) is 0.401. The number of rotatable bonds is 4. The topological polar surface area (TPSA) is 34.1 Å². The van der Waals surface area contributed by atoms with Gasteiger partial charge in [-0.25, -0.2) is 0 Å². The second-order valence-corrected chi connectivity index (χ2v) is 1.87. The minimum absolute atomic E-state index is 0.0465. The number of carbonyl (C=O) groups excluding carboxylic acids is 2. The van der Waals surface area contributed by atoms with Gasteiger partial charge in [0.25, 0.3) is 0 Å². The summed E-state index contributed by atoms with van der Waals surface area (Å²) in [5, 5.41) is 0. The van der Waals surface area contributed by atoms with E-state index >= 15 is 0 Å². The van der Waals surface area contributed by atoms with Crippen LogP contribution in [0.15, 0.2) is 12.7 Å². The zero-order chi connectivity index (χ0) is 7.28. The molecule has 2 nitrogen and oxygen atoms in total. The van der Waals surface area contributed by atoms with E-state index in [1.54, 1.807) is 0 Å². The van der Waals surface area contributed by atoms with E-state index in [4.69, 9.17) is 0 Å². The van der Waals surface area contributed by atoms with Crippen LogP contribution in [0.3, 0.4) is 0 Å². The van der Waals surface area contributed by atoms with Gasteiger partial charge in [-0.05, 0) is 13.0 Å². The summed E-state index contributed by atoms with van der Waals surface area (Å²) in [6, 6.07) is 0. The Bertz CT molecular complexity index is 136. The highest BCUT2D eigenvalue weighted by Crippen LogP contribution is 1.91. The molecule has 0 atom stereocenters. The number of carbonyl (C=O) groups is 2. The van der Waals surface area contributed by atoms with Crippen LogP contribution in [0.1, 0.15) is 19.8 Å². The summed E-state index contributed by atoms with van der Waals surface area (Å²) in [5.41, 5.74) is 0. The maximum absolute atomic E-state index is 10.4. The van der Waals surface area contributed by atoms with Gasteiger partial charge in [0.2, 0.25) is 0 Å². The fourth-order valence-electron chi connectivity index (χ4n) is 0.401. The molecule has 0 aliphatic heterocycles. The van der Waals surface area contributed by atoms with Gasteiger partial charge in [-0.15, -0.1) is 0 Å². The molecule has 0 aromatic heterocycles. The molecule has 0 bridgehead atoms. The van der Waals surface area contributed by atoms with Gasteiger partial charge in [-0.2, -0.15) is 0 Å². The molecule has 0 spiro atoms. The smallest absolute Gasteiger partial charge is 0.155 e. The monoisotopic (exact) mass is 126 g/mol. The van der Waals surface area contributed by atoms with Crippen molar-refractivity contribution in [2.24, 2.45) is 0 Å². The van der Waals surface area contributed by atoms with Crippen LogP contribution in [0.25, 0.3) is 0 Å². The van der Waals surface area contributed by atoms with E-state index in [0.717, 1.165) is 0 Å². The molecule has 0 aromatic rings. The molecular weight excluding hydrogens is 116 g/mol. The molecule has 0 rings (SSSR count). The van der Waals surface area contributed by atoms with Crippen molar-refractivity contribution in [2.75, 3.05) is 0 Å². The molecule has 0 unspecified atom stereocenters. The molecule has 50 valence electrons. The molecule has 0 N–H and O–H groups in total. The van der Waals surface area contributed by atoms with Crippen LogP contribution < -0.4 is 0 Å². The molecule has 0 aliphatic carbocycles. The Morgan fingerprint density at radius 2 is 2.00 bits per heavy atom. The Labute approximate surface area is 54.6 Å². The summed E-state index contributed by atoms with van der Waals surface area (Å²) < 4.78 is 0. The summed E-state index contributed by atoms with van der Waals surface area (Å²) >= 11 is 0. The second-order valence-electron chi connectivity index (χ2n) is 1.87. The first-order valence-corrected chi connectivity index (χ1v) is 2.81. The predicted octanol–water partition coefficient (Wildman–Crippen LogP) is 1.11. The standard InChI is InChI=1S/C7H10O2/c1-3-7(9)5-4-6(2)8/h3H,1,4-5H2,2H3. The predicted molar refractivity (Wildman–Crippen MR) is 35.1 cm³/mol. The quantitative estimate of drug-likeness (QED) is 0.529. The van der Waals surface area contributed by atoms with E-state index in [-0.39, 0.29) is 11.6 Å². The molecule has 0 aromatic carbocycles. The van der Waals surface area contributed by atoms with Crippen molar-refractivity contribution < 1.29 is 9.59 Å². The van der Waals surface area contributed by atoms with Crippen LogP contribution in [0.5, 0.6) is 0 Å². The first kappa shape index (κ1) is 8.08. The lowest BCUT2D eigenvalue weighted by atomic mass is 10.2. The van der Waals surface area contributed by atoms with E-state index in [0.29, 0.717) is 12.8 Å². The summed E-state index contributed by atoms with van der Waals surface area (Å²) in [7, 11) is 0. The van der Waals surface area contributed by atoms with E-state index in [9.17, 15) is 9.59 Å². The normalized spacial score (nSPS) is 8.56. The van der Waals surface area contributed by atoms with Crippen LogP contribution in [0.4, 0.5) is 0 Å². The molecule has 0 fully saturated rings. The van der Waals surface area contributed by atoms with Crippen molar-refractivity contribution in [3.8, 4) is 0 Å². The van der Waals surface area contributed by atoms with Crippen molar-refractivity contribution in [3.05, 3.63) is 12.7 Å². The third kappa shape index (κ3) is 4.94. The van der Waals surface area contributed by atoms with Crippen molar-refractivity contribution in [3.63, 3.8) is 0 Å². The summed E-state index contributed by atoms with van der Waals surface area (Å²) in [4.78, 5) is 20.7. The lowest BCUT2D eigenvalue weighted by Crippen LogP contribution is -1.96. The molecule has 0 saturated heterocycles. The third-order valence-corrected chi connectivity index (χ3v) is 0.951. The zero-order valence-corrected chi connectivity index (χ0v) is 5.52. The maximum atomic E-state index is 10.4. The Hall–Kier alpha value is -0.920. The Morgan fingerprint density at radius 3 is 2.33 bits per heavy atom. The van der Waals surface area contributed by atoms with E-state index < -0.39 is 0 Å². The zero-order valence-electron chi connectivity index (χ0n) is 5.52. The summed E-state index contributed by atoms with van der Waals surface area (Å²) in [5.74, 6) is -0.0181. The van der Waals surface area contributed by atoms with Crippen molar-refractivity contribution in [1.29, 1.82) is 0 Å². The minimum atomic E-state index is -0.0646. The lowest BCUT2D eigenvalue weighted by molar-refractivity contribution is -0.120. The van der Waals surface area contributed by atoms with Gasteiger partial charge in [0.15, 0.2) is 5.78 Å². The van der Waals surface area contributed by atoms with Crippen LogP contribution in [-0.2, 0) is 9.59 Å². The molecule has 0 heterocycles. The van der Waals surface area contributed by atoms with Crippen molar-refractivity contribution in [1.82, 2.24) is 0 Å². The van der Waals surface area contributed by atoms with Gasteiger partial charge in [0, 0.05) is 12.8 Å². The van der Waals surface area contributed by atoms with Gasteiger partial charge in [0.05, 0.1) is 0 Å². The maximum Gasteiger partial charge on any atom is 0.155 e.